The molecule has 0 heterocycles. The van der Waals surface area contributed by atoms with E-state index >= 15 is 0 Å². The molecule has 0 radical (unpaired) electrons. The first-order valence-corrected chi connectivity index (χ1v) is 7.87. The smallest absolute Gasteiger partial charge is 0.0320 e. The Morgan fingerprint density at radius 3 is 2.44 bits per heavy atom. The van der Waals surface area contributed by atoms with Crippen LogP contribution in [0.2, 0.25) is 0 Å². The van der Waals surface area contributed by atoms with E-state index in [0.717, 1.165) is 16.8 Å². The molecule has 2 heteroatoms. The van der Waals surface area contributed by atoms with E-state index in [2.05, 4.69) is 73.2 Å². The van der Waals surface area contributed by atoms with Gasteiger partial charge in [-0.05, 0) is 43.4 Å². The topological polar surface area (TPSA) is 12.0 Å². The second-order valence-electron chi connectivity index (χ2n) is 5.33. The summed E-state index contributed by atoms with van der Waals surface area (Å²) in [5.41, 5.74) is 1.38. The van der Waals surface area contributed by atoms with Gasteiger partial charge in [-0.25, -0.2) is 0 Å². The van der Waals surface area contributed by atoms with Gasteiger partial charge < -0.3 is 5.32 Å². The van der Waals surface area contributed by atoms with Gasteiger partial charge in [-0.3, -0.25) is 0 Å². The molecule has 1 N–H and O–H groups in total. The van der Waals surface area contributed by atoms with Gasteiger partial charge in [-0.1, -0.05) is 55.3 Å². The first-order valence-electron chi connectivity index (χ1n) is 7.08. The number of benzene rings is 1. The van der Waals surface area contributed by atoms with Crippen molar-refractivity contribution < 1.29 is 0 Å². The van der Waals surface area contributed by atoms with Gasteiger partial charge in [-0.15, -0.1) is 0 Å². The Labute approximate surface area is 120 Å². The first kappa shape index (κ1) is 15.7. The van der Waals surface area contributed by atoms with Gasteiger partial charge in [0, 0.05) is 16.6 Å². The minimum absolute atomic E-state index is 0.460. The van der Waals surface area contributed by atoms with Crippen molar-refractivity contribution in [3.63, 3.8) is 0 Å². The SMILES string of the molecule is CCC(C)CC(C)NC(CC)c1cccc(Br)c1. The van der Waals surface area contributed by atoms with E-state index in [0.29, 0.717) is 12.1 Å². The van der Waals surface area contributed by atoms with Crippen molar-refractivity contribution in [2.24, 2.45) is 5.92 Å². The first-order chi connectivity index (χ1) is 8.56. The molecule has 0 spiro atoms. The molecule has 102 valence electrons. The summed E-state index contributed by atoms with van der Waals surface area (Å²) in [7, 11) is 0. The lowest BCUT2D eigenvalue weighted by Gasteiger charge is -2.24. The summed E-state index contributed by atoms with van der Waals surface area (Å²) < 4.78 is 1.16. The highest BCUT2D eigenvalue weighted by molar-refractivity contribution is 9.10. The van der Waals surface area contributed by atoms with E-state index in [4.69, 9.17) is 0 Å². The van der Waals surface area contributed by atoms with Crippen molar-refractivity contribution in [2.75, 3.05) is 0 Å². The summed E-state index contributed by atoms with van der Waals surface area (Å²) >= 11 is 3.55. The molecule has 0 aliphatic carbocycles. The highest BCUT2D eigenvalue weighted by Crippen LogP contribution is 2.22. The predicted octanol–water partition coefficient (Wildman–Crippen LogP) is 5.31. The Kier molecular flexibility index (Phi) is 6.95. The summed E-state index contributed by atoms with van der Waals surface area (Å²) in [5.74, 6) is 0.799. The van der Waals surface area contributed by atoms with Crippen LogP contribution >= 0.6 is 15.9 Å². The molecule has 0 saturated heterocycles. The highest BCUT2D eigenvalue weighted by Gasteiger charge is 2.14. The maximum absolute atomic E-state index is 3.75. The maximum atomic E-state index is 3.75. The molecule has 0 aliphatic heterocycles. The predicted molar refractivity (Wildman–Crippen MR) is 83.8 cm³/mol. The largest absolute Gasteiger partial charge is 0.307 e. The van der Waals surface area contributed by atoms with Crippen LogP contribution in [0.4, 0.5) is 0 Å². The van der Waals surface area contributed by atoms with E-state index < -0.39 is 0 Å². The quantitative estimate of drug-likeness (QED) is 0.719. The van der Waals surface area contributed by atoms with Gasteiger partial charge in [0.25, 0.3) is 0 Å². The van der Waals surface area contributed by atoms with Gasteiger partial charge in [0.2, 0.25) is 0 Å². The third-order valence-electron chi connectivity index (χ3n) is 3.60. The molecule has 0 bridgehead atoms. The van der Waals surface area contributed by atoms with E-state index in [1.807, 2.05) is 0 Å². The third kappa shape index (κ3) is 5.11. The number of rotatable bonds is 7. The standard InChI is InChI=1S/C16H26BrN/c1-5-12(3)10-13(4)18-16(6-2)14-8-7-9-15(17)11-14/h7-9,11-13,16,18H,5-6,10H2,1-4H3. The third-order valence-corrected chi connectivity index (χ3v) is 4.09. The molecule has 3 atom stereocenters. The minimum atomic E-state index is 0.460. The average Bonchev–Trinajstić information content (AvgIpc) is 2.35. The molecule has 0 aromatic heterocycles. The molecule has 0 aliphatic rings. The Morgan fingerprint density at radius 1 is 1.17 bits per heavy atom. The summed E-state index contributed by atoms with van der Waals surface area (Å²) in [6, 6.07) is 9.66. The lowest BCUT2D eigenvalue weighted by atomic mass is 9.98. The van der Waals surface area contributed by atoms with Crippen molar-refractivity contribution in [3.05, 3.63) is 34.3 Å². The Balaban J connectivity index is 2.61. The molecule has 18 heavy (non-hydrogen) atoms. The van der Waals surface area contributed by atoms with Gasteiger partial charge in [-0.2, -0.15) is 0 Å². The van der Waals surface area contributed by atoms with E-state index in [9.17, 15) is 0 Å². The number of hydrogen-bond acceptors (Lipinski definition) is 1. The molecule has 1 aromatic rings. The monoisotopic (exact) mass is 311 g/mol. The summed E-state index contributed by atoms with van der Waals surface area (Å²) in [4.78, 5) is 0. The zero-order chi connectivity index (χ0) is 13.5. The van der Waals surface area contributed by atoms with E-state index in [-0.39, 0.29) is 0 Å². The van der Waals surface area contributed by atoms with Crippen molar-refractivity contribution in [2.45, 2.75) is 59.0 Å². The van der Waals surface area contributed by atoms with Gasteiger partial charge >= 0.3 is 0 Å². The second-order valence-corrected chi connectivity index (χ2v) is 6.25. The summed E-state index contributed by atoms with van der Waals surface area (Å²) in [5, 5.41) is 3.75. The number of hydrogen-bond donors (Lipinski definition) is 1. The molecule has 0 fully saturated rings. The van der Waals surface area contributed by atoms with Crippen molar-refractivity contribution in [3.8, 4) is 0 Å². The molecular weight excluding hydrogens is 286 g/mol. The molecular formula is C16H26BrN. The summed E-state index contributed by atoms with van der Waals surface area (Å²) in [6.07, 6.45) is 3.64. The van der Waals surface area contributed by atoms with Crippen LogP contribution in [0.25, 0.3) is 0 Å². The lowest BCUT2D eigenvalue weighted by molar-refractivity contribution is 0.371. The van der Waals surface area contributed by atoms with Crippen LogP contribution in [0.1, 0.15) is 58.6 Å². The van der Waals surface area contributed by atoms with E-state index in [1.165, 1.54) is 18.4 Å². The van der Waals surface area contributed by atoms with Crippen LogP contribution in [-0.4, -0.2) is 6.04 Å². The summed E-state index contributed by atoms with van der Waals surface area (Å²) in [6.45, 7) is 9.14. The van der Waals surface area contributed by atoms with E-state index in [1.54, 1.807) is 0 Å². The second kappa shape index (κ2) is 7.96. The van der Waals surface area contributed by atoms with Gasteiger partial charge in [0.15, 0.2) is 0 Å². The van der Waals surface area contributed by atoms with Crippen molar-refractivity contribution >= 4 is 15.9 Å². The molecule has 1 nitrogen and oxygen atoms in total. The fourth-order valence-corrected chi connectivity index (χ4v) is 2.77. The number of nitrogens with one attached hydrogen (secondary N) is 1. The van der Waals surface area contributed by atoms with Gasteiger partial charge in [0.1, 0.15) is 0 Å². The zero-order valence-electron chi connectivity index (χ0n) is 12.0. The fourth-order valence-electron chi connectivity index (χ4n) is 2.35. The van der Waals surface area contributed by atoms with Crippen molar-refractivity contribution in [1.29, 1.82) is 0 Å². The van der Waals surface area contributed by atoms with Gasteiger partial charge in [0.05, 0.1) is 0 Å². The molecule has 0 saturated carbocycles. The van der Waals surface area contributed by atoms with Crippen LogP contribution in [0.5, 0.6) is 0 Å². The normalized spacial score (nSPS) is 16.3. The molecule has 0 amide bonds. The van der Waals surface area contributed by atoms with Crippen molar-refractivity contribution in [1.82, 2.24) is 5.32 Å². The van der Waals surface area contributed by atoms with Crippen LogP contribution in [0, 0.1) is 5.92 Å². The lowest BCUT2D eigenvalue weighted by Crippen LogP contribution is -2.31. The van der Waals surface area contributed by atoms with Crippen LogP contribution in [0.15, 0.2) is 28.7 Å². The fraction of sp³-hybridized carbons (Fsp3) is 0.625. The van der Waals surface area contributed by atoms with Crippen LogP contribution in [0.3, 0.4) is 0 Å². The number of halogens is 1. The Morgan fingerprint density at radius 2 is 1.89 bits per heavy atom. The minimum Gasteiger partial charge on any atom is -0.307 e. The highest BCUT2D eigenvalue weighted by atomic mass is 79.9. The molecule has 3 unspecified atom stereocenters. The molecule has 1 aromatic carbocycles. The van der Waals surface area contributed by atoms with Crippen LogP contribution in [-0.2, 0) is 0 Å². The molecule has 1 rings (SSSR count). The Bertz CT molecular complexity index is 351. The zero-order valence-corrected chi connectivity index (χ0v) is 13.6. The Hall–Kier alpha value is -0.340. The maximum Gasteiger partial charge on any atom is 0.0320 e. The average molecular weight is 312 g/mol. The van der Waals surface area contributed by atoms with Crippen LogP contribution < -0.4 is 5.32 Å².